The van der Waals surface area contributed by atoms with E-state index in [-0.39, 0.29) is 23.4 Å². The normalized spacial score (nSPS) is 19.3. The van der Waals surface area contributed by atoms with E-state index >= 15 is 0 Å². The second-order valence-corrected chi connectivity index (χ2v) is 7.61. The van der Waals surface area contributed by atoms with Crippen LogP contribution in [0.15, 0.2) is 0 Å². The van der Waals surface area contributed by atoms with Crippen LogP contribution in [0.3, 0.4) is 0 Å². The number of nitrogens with two attached hydrogens (primary N) is 1. The van der Waals surface area contributed by atoms with Crippen molar-refractivity contribution >= 4 is 22.2 Å². The Morgan fingerprint density at radius 3 is 2.24 bits per heavy atom. The zero-order chi connectivity index (χ0) is 12.2. The molecule has 0 spiro atoms. The molecule has 1 rings (SSSR count). The van der Waals surface area contributed by atoms with Crippen molar-refractivity contribution in [1.82, 2.24) is 4.90 Å². The van der Waals surface area contributed by atoms with Crippen LogP contribution in [0.4, 0.5) is 0 Å². The first kappa shape index (κ1) is 17.2. The van der Waals surface area contributed by atoms with E-state index in [1.807, 2.05) is 0 Å². The Hall–Kier alpha value is 0.160. The summed E-state index contributed by atoms with van der Waals surface area (Å²) in [6.07, 6.45) is 2.22. The molecule has 0 aromatic carbocycles. The van der Waals surface area contributed by atoms with Gasteiger partial charge in [0.15, 0.2) is 9.84 Å². The van der Waals surface area contributed by atoms with E-state index in [1.165, 1.54) is 0 Å². The lowest BCUT2D eigenvalue weighted by molar-refractivity contribution is 0.196. The summed E-state index contributed by atoms with van der Waals surface area (Å²) in [7, 11) is -2.88. The highest BCUT2D eigenvalue weighted by Crippen LogP contribution is 2.15. The third-order valence-corrected chi connectivity index (χ3v) is 5.64. The Morgan fingerprint density at radius 2 is 1.82 bits per heavy atom. The summed E-state index contributed by atoms with van der Waals surface area (Å²) in [5.74, 6) is 0.927. The van der Waals surface area contributed by atoms with Gasteiger partial charge in [0.05, 0.1) is 11.0 Å². The molecule has 0 saturated carbocycles. The van der Waals surface area contributed by atoms with Crippen molar-refractivity contribution in [1.29, 1.82) is 0 Å². The Bertz CT molecular complexity index is 299. The van der Waals surface area contributed by atoms with Crippen molar-refractivity contribution in [3.05, 3.63) is 0 Å². The lowest BCUT2D eigenvalue weighted by atomic mass is 9.97. The molecular weight excluding hydrogens is 260 g/mol. The summed E-state index contributed by atoms with van der Waals surface area (Å²) in [6.45, 7) is 6.92. The number of sulfone groups is 1. The van der Waals surface area contributed by atoms with Crippen LogP contribution in [0.5, 0.6) is 0 Å². The van der Waals surface area contributed by atoms with Gasteiger partial charge in [-0.25, -0.2) is 8.42 Å². The largest absolute Gasteiger partial charge is 0.330 e. The average Bonchev–Trinajstić information content (AvgIpc) is 2.27. The molecule has 4 nitrogen and oxygen atoms in total. The second-order valence-electron chi connectivity index (χ2n) is 4.94. The molecule has 2 N–H and O–H groups in total. The first-order valence-electron chi connectivity index (χ1n) is 6.09. The van der Waals surface area contributed by atoms with Gasteiger partial charge in [-0.05, 0) is 52.2 Å². The van der Waals surface area contributed by atoms with Crippen molar-refractivity contribution < 1.29 is 8.42 Å². The number of hydrogen-bond donors (Lipinski definition) is 1. The SMILES string of the molecule is CC(C)S(=O)(=O)CCN1CCC(CN)CC1.Cl. The van der Waals surface area contributed by atoms with E-state index in [2.05, 4.69) is 4.90 Å². The van der Waals surface area contributed by atoms with Crippen LogP contribution in [0, 0.1) is 5.92 Å². The molecule has 1 aliphatic heterocycles. The van der Waals surface area contributed by atoms with Gasteiger partial charge in [-0.1, -0.05) is 0 Å². The van der Waals surface area contributed by atoms with Crippen LogP contribution in [-0.2, 0) is 9.84 Å². The van der Waals surface area contributed by atoms with Crippen molar-refractivity contribution in [2.45, 2.75) is 31.9 Å². The minimum absolute atomic E-state index is 0. The topological polar surface area (TPSA) is 63.4 Å². The molecule has 0 bridgehead atoms. The second kappa shape index (κ2) is 7.56. The van der Waals surface area contributed by atoms with Gasteiger partial charge in [0.2, 0.25) is 0 Å². The molecular formula is C11H25ClN2O2S. The Labute approximate surface area is 111 Å². The third kappa shape index (κ3) is 5.55. The fraction of sp³-hybridized carbons (Fsp3) is 1.00. The van der Waals surface area contributed by atoms with E-state index in [0.29, 0.717) is 12.5 Å². The standard InChI is InChI=1S/C11H24N2O2S.ClH/c1-10(2)16(14,15)8-7-13-5-3-11(9-12)4-6-13;/h10-11H,3-9,12H2,1-2H3;1H. The Morgan fingerprint density at radius 1 is 1.29 bits per heavy atom. The van der Waals surface area contributed by atoms with E-state index in [0.717, 1.165) is 32.5 Å². The maximum Gasteiger partial charge on any atom is 0.153 e. The quantitative estimate of drug-likeness (QED) is 0.815. The Balaban J connectivity index is 0.00000256. The van der Waals surface area contributed by atoms with E-state index in [9.17, 15) is 8.42 Å². The molecule has 0 radical (unpaired) electrons. The molecule has 104 valence electrons. The number of nitrogens with zero attached hydrogens (tertiary/aromatic N) is 1. The summed E-state index contributed by atoms with van der Waals surface area (Å²) in [4.78, 5) is 2.24. The van der Waals surface area contributed by atoms with Gasteiger partial charge < -0.3 is 10.6 Å². The molecule has 1 heterocycles. The number of rotatable bonds is 5. The maximum atomic E-state index is 11.6. The van der Waals surface area contributed by atoms with Crippen LogP contribution in [0.1, 0.15) is 26.7 Å². The van der Waals surface area contributed by atoms with Crippen LogP contribution in [-0.4, -0.2) is 50.5 Å². The highest BCUT2D eigenvalue weighted by atomic mass is 35.5. The third-order valence-electron chi connectivity index (χ3n) is 3.45. The zero-order valence-corrected chi connectivity index (χ0v) is 12.4. The molecule has 1 aliphatic rings. The summed E-state index contributed by atoms with van der Waals surface area (Å²) >= 11 is 0. The van der Waals surface area contributed by atoms with E-state index in [1.54, 1.807) is 13.8 Å². The predicted molar refractivity (Wildman–Crippen MR) is 74.4 cm³/mol. The predicted octanol–water partition coefficient (Wildman–Crippen LogP) is 0.902. The molecule has 0 unspecified atom stereocenters. The average molecular weight is 285 g/mol. The minimum Gasteiger partial charge on any atom is -0.330 e. The van der Waals surface area contributed by atoms with Gasteiger partial charge in [0.1, 0.15) is 0 Å². The first-order chi connectivity index (χ1) is 7.45. The fourth-order valence-electron chi connectivity index (χ4n) is 1.94. The van der Waals surface area contributed by atoms with Crippen molar-refractivity contribution in [3.8, 4) is 0 Å². The molecule has 0 aromatic rings. The molecule has 1 fully saturated rings. The van der Waals surface area contributed by atoms with Crippen molar-refractivity contribution in [2.75, 3.05) is 31.9 Å². The van der Waals surface area contributed by atoms with Crippen LogP contribution >= 0.6 is 12.4 Å². The number of piperidine rings is 1. The van der Waals surface area contributed by atoms with Crippen molar-refractivity contribution in [3.63, 3.8) is 0 Å². The highest BCUT2D eigenvalue weighted by molar-refractivity contribution is 7.92. The summed E-state index contributed by atoms with van der Waals surface area (Å²) in [5.41, 5.74) is 5.62. The fourth-order valence-corrected chi connectivity index (χ4v) is 2.92. The minimum atomic E-state index is -2.88. The van der Waals surface area contributed by atoms with Crippen LogP contribution in [0.2, 0.25) is 0 Å². The summed E-state index contributed by atoms with van der Waals surface area (Å²) < 4.78 is 23.3. The number of hydrogen-bond acceptors (Lipinski definition) is 4. The van der Waals surface area contributed by atoms with E-state index < -0.39 is 9.84 Å². The van der Waals surface area contributed by atoms with Gasteiger partial charge in [0, 0.05) is 6.54 Å². The van der Waals surface area contributed by atoms with E-state index in [4.69, 9.17) is 5.73 Å². The Kier molecular flexibility index (Phi) is 7.63. The first-order valence-corrected chi connectivity index (χ1v) is 7.81. The smallest absolute Gasteiger partial charge is 0.153 e. The van der Waals surface area contributed by atoms with Gasteiger partial charge in [-0.3, -0.25) is 0 Å². The lowest BCUT2D eigenvalue weighted by Crippen LogP contribution is -2.39. The highest BCUT2D eigenvalue weighted by Gasteiger charge is 2.21. The van der Waals surface area contributed by atoms with Crippen LogP contribution in [0.25, 0.3) is 0 Å². The van der Waals surface area contributed by atoms with Gasteiger partial charge in [-0.15, -0.1) is 12.4 Å². The van der Waals surface area contributed by atoms with Crippen molar-refractivity contribution in [2.24, 2.45) is 11.7 Å². The molecule has 17 heavy (non-hydrogen) atoms. The molecule has 6 heteroatoms. The molecule has 0 atom stereocenters. The monoisotopic (exact) mass is 284 g/mol. The molecule has 0 aromatic heterocycles. The summed E-state index contributed by atoms with van der Waals surface area (Å²) in [5, 5.41) is -0.255. The number of likely N-dealkylation sites (tertiary alicyclic amines) is 1. The van der Waals surface area contributed by atoms with Gasteiger partial charge in [-0.2, -0.15) is 0 Å². The zero-order valence-electron chi connectivity index (χ0n) is 10.8. The molecule has 0 amide bonds. The molecule has 1 saturated heterocycles. The van der Waals surface area contributed by atoms with Gasteiger partial charge >= 0.3 is 0 Å². The van der Waals surface area contributed by atoms with Gasteiger partial charge in [0.25, 0.3) is 0 Å². The number of halogens is 1. The van der Waals surface area contributed by atoms with Crippen LogP contribution < -0.4 is 5.73 Å². The lowest BCUT2D eigenvalue weighted by Gasteiger charge is -2.31. The summed E-state index contributed by atoms with van der Waals surface area (Å²) in [6, 6.07) is 0. The maximum absolute atomic E-state index is 11.6. The molecule has 0 aliphatic carbocycles.